The number of nitrogens with two attached hydrogens (primary N) is 1. The second-order valence-electron chi connectivity index (χ2n) is 7.09. The average Bonchev–Trinajstić information content (AvgIpc) is 2.51. The largest absolute Gasteiger partial charge is 0.535 e. The highest BCUT2D eigenvalue weighted by Crippen LogP contribution is 2.37. The zero-order valence-corrected chi connectivity index (χ0v) is 16.6. The van der Waals surface area contributed by atoms with Gasteiger partial charge in [-0.2, -0.15) is 0 Å². The van der Waals surface area contributed by atoms with Gasteiger partial charge in [0.15, 0.2) is 0 Å². The number of hydrogen-bond acceptors (Lipinski definition) is 7. The van der Waals surface area contributed by atoms with Gasteiger partial charge in [0.2, 0.25) is 0 Å². The molecular weight excluding hydrogens is 398 g/mol. The Bertz CT molecular complexity index is 673. The Balaban J connectivity index is 0.00000182. The predicted octanol–water partition coefficient (Wildman–Crippen LogP) is 0.416. The number of nitrogens with zero attached hydrogens (tertiary/aromatic N) is 1. The molecule has 2 aliphatic heterocycles. The zero-order chi connectivity index (χ0) is 18.2. The van der Waals surface area contributed by atoms with E-state index < -0.39 is 18.6 Å². The van der Waals surface area contributed by atoms with Crippen molar-refractivity contribution in [2.45, 2.75) is 31.3 Å². The number of hydrogen-bond donors (Lipinski definition) is 4. The molecule has 0 aromatic heterocycles. The third-order valence-electron chi connectivity index (χ3n) is 4.49. The van der Waals surface area contributed by atoms with Gasteiger partial charge in [0.05, 0.1) is 6.61 Å². The summed E-state index contributed by atoms with van der Waals surface area (Å²) in [5.41, 5.74) is 5.96. The number of aliphatic hydroxyl groups excluding tert-OH is 1. The van der Waals surface area contributed by atoms with Gasteiger partial charge in [-0.1, -0.05) is 6.07 Å². The van der Waals surface area contributed by atoms with Crippen LogP contribution in [0.25, 0.3) is 0 Å². The van der Waals surface area contributed by atoms with E-state index in [9.17, 15) is 20.0 Å². The van der Waals surface area contributed by atoms with Crippen LogP contribution in [0.1, 0.15) is 22.8 Å². The summed E-state index contributed by atoms with van der Waals surface area (Å²) in [6.07, 6.45) is 0.844. The number of rotatable bonds is 6. The van der Waals surface area contributed by atoms with Gasteiger partial charge in [0.1, 0.15) is 23.2 Å². The van der Waals surface area contributed by atoms with E-state index >= 15 is 0 Å². The fourth-order valence-electron chi connectivity index (χ4n) is 3.18. The van der Waals surface area contributed by atoms with E-state index in [-0.39, 0.29) is 54.6 Å². The summed E-state index contributed by atoms with van der Waals surface area (Å²) < 4.78 is 11.2. The van der Waals surface area contributed by atoms with Gasteiger partial charge in [-0.25, -0.2) is 4.79 Å². The van der Waals surface area contributed by atoms with Gasteiger partial charge in [-0.15, -0.1) is 24.8 Å². The number of likely N-dealkylation sites (tertiary alicyclic amines) is 1. The van der Waals surface area contributed by atoms with Crippen LogP contribution in [0.15, 0.2) is 12.1 Å². The Morgan fingerprint density at radius 3 is 2.70 bits per heavy atom. The average molecular weight is 423 g/mol. The maximum Gasteiger partial charge on any atom is 0.522 e. The van der Waals surface area contributed by atoms with Crippen molar-refractivity contribution in [2.24, 2.45) is 5.73 Å². The Morgan fingerprint density at radius 2 is 2.11 bits per heavy atom. The van der Waals surface area contributed by atoms with E-state index in [4.69, 9.17) is 15.1 Å². The number of aryl methyl sites for hydroxylation is 1. The third kappa shape index (κ3) is 5.40. The number of benzene rings is 1. The second-order valence-corrected chi connectivity index (χ2v) is 7.09. The molecule has 1 unspecified atom stereocenters. The fraction of sp³-hybridized carbons (Fsp3) is 0.562. The van der Waals surface area contributed by atoms with Gasteiger partial charge >= 0.3 is 13.1 Å². The smallest absolute Gasteiger partial charge is 0.522 e. The molecule has 1 aromatic carbocycles. The van der Waals surface area contributed by atoms with Gasteiger partial charge in [-0.3, -0.25) is 4.90 Å². The molecule has 5 N–H and O–H groups in total. The first-order chi connectivity index (χ1) is 11.8. The highest BCUT2D eigenvalue weighted by molar-refractivity contribution is 6.44. The number of carboxylic acids is 1. The van der Waals surface area contributed by atoms with Crippen molar-refractivity contribution < 1.29 is 29.4 Å². The molecule has 1 fully saturated rings. The van der Waals surface area contributed by atoms with Crippen molar-refractivity contribution in [2.75, 3.05) is 26.2 Å². The number of carbonyl (C=O) groups is 1. The van der Waals surface area contributed by atoms with Crippen molar-refractivity contribution in [3.63, 3.8) is 0 Å². The summed E-state index contributed by atoms with van der Waals surface area (Å²) in [5, 5.41) is 28.4. The highest BCUT2D eigenvalue weighted by Gasteiger charge is 2.35. The Hall–Kier alpha value is -1.23. The number of fused-ring (bicyclic) bond motifs is 1. The molecule has 0 radical (unpaired) electrons. The SMILES string of the molecule is CC(N)(CO)CN1CC(Oc2ccc3c(c2C(=O)O)OB(O)CC3)C1.Cl.Cl. The number of carboxylic acid groups (broad SMARTS) is 1. The van der Waals surface area contributed by atoms with Crippen LogP contribution in [0.3, 0.4) is 0 Å². The molecule has 1 aromatic rings. The first-order valence-corrected chi connectivity index (χ1v) is 8.32. The van der Waals surface area contributed by atoms with E-state index in [2.05, 4.69) is 0 Å². The molecule has 1 atom stereocenters. The van der Waals surface area contributed by atoms with Gasteiger partial charge in [-0.05, 0) is 31.3 Å². The lowest BCUT2D eigenvalue weighted by atomic mass is 9.78. The molecule has 0 aliphatic carbocycles. The molecule has 27 heavy (non-hydrogen) atoms. The van der Waals surface area contributed by atoms with Crippen molar-refractivity contribution >= 4 is 37.9 Å². The molecule has 11 heteroatoms. The van der Waals surface area contributed by atoms with Crippen LogP contribution >= 0.6 is 24.8 Å². The Morgan fingerprint density at radius 1 is 1.44 bits per heavy atom. The Kier molecular flexibility index (Phi) is 8.22. The fourth-order valence-corrected chi connectivity index (χ4v) is 3.18. The summed E-state index contributed by atoms with van der Waals surface area (Å²) in [5.74, 6) is -0.718. The van der Waals surface area contributed by atoms with Gasteiger partial charge in [0.25, 0.3) is 0 Å². The van der Waals surface area contributed by atoms with Crippen LogP contribution in [0.2, 0.25) is 6.32 Å². The van der Waals surface area contributed by atoms with Crippen molar-refractivity contribution in [1.29, 1.82) is 0 Å². The van der Waals surface area contributed by atoms with Crippen LogP contribution < -0.4 is 15.1 Å². The second kappa shape index (κ2) is 9.31. The van der Waals surface area contributed by atoms with Crippen molar-refractivity contribution in [3.8, 4) is 11.5 Å². The van der Waals surface area contributed by atoms with Crippen LogP contribution in [-0.4, -0.2) is 71.1 Å². The molecule has 0 bridgehead atoms. The lowest BCUT2D eigenvalue weighted by molar-refractivity contribution is 0.000475. The van der Waals surface area contributed by atoms with E-state index in [1.165, 1.54) is 0 Å². The molecule has 152 valence electrons. The molecule has 8 nitrogen and oxygen atoms in total. The zero-order valence-electron chi connectivity index (χ0n) is 15.0. The number of ether oxygens (including phenoxy) is 1. The maximum atomic E-state index is 11.7. The molecule has 2 heterocycles. The van der Waals surface area contributed by atoms with Gasteiger partial charge < -0.3 is 30.4 Å². The standard InChI is InChI=1S/C16H23BN2O6.2ClH/c1-16(18,9-20)8-19-6-11(7-19)24-12-3-2-10-4-5-17(23)25-14(10)13(12)15(21)22;;/h2-3,11,20,23H,4-9,18H2,1H3,(H,21,22);2*1H. The summed E-state index contributed by atoms with van der Waals surface area (Å²) in [7, 11) is -0.999. The summed E-state index contributed by atoms with van der Waals surface area (Å²) >= 11 is 0. The molecule has 0 amide bonds. The maximum absolute atomic E-state index is 11.7. The van der Waals surface area contributed by atoms with Crippen LogP contribution in [-0.2, 0) is 6.42 Å². The third-order valence-corrected chi connectivity index (χ3v) is 4.49. The number of halogens is 2. The quantitative estimate of drug-likeness (QED) is 0.486. The molecule has 0 spiro atoms. The van der Waals surface area contributed by atoms with E-state index in [1.54, 1.807) is 19.1 Å². The molecule has 2 aliphatic rings. The Labute approximate surface area is 170 Å². The first-order valence-electron chi connectivity index (χ1n) is 8.32. The normalized spacial score (nSPS) is 18.7. The lowest BCUT2D eigenvalue weighted by Crippen LogP contribution is -2.61. The number of aliphatic hydroxyl groups is 1. The predicted molar refractivity (Wildman–Crippen MR) is 106 cm³/mol. The highest BCUT2D eigenvalue weighted by atomic mass is 35.5. The monoisotopic (exact) mass is 422 g/mol. The van der Waals surface area contributed by atoms with E-state index in [1.807, 2.05) is 4.90 Å². The van der Waals surface area contributed by atoms with Crippen molar-refractivity contribution in [1.82, 2.24) is 4.90 Å². The molecular formula is C16H25BCl2N2O6. The van der Waals surface area contributed by atoms with Crippen LogP contribution in [0.4, 0.5) is 0 Å². The summed E-state index contributed by atoms with van der Waals surface area (Å²) in [4.78, 5) is 13.7. The minimum absolute atomic E-state index is 0. The molecule has 0 saturated carbocycles. The number of aromatic carboxylic acids is 1. The lowest BCUT2D eigenvalue weighted by Gasteiger charge is -2.42. The topological polar surface area (TPSA) is 125 Å². The minimum atomic E-state index is -1.15. The first kappa shape index (κ1) is 23.8. The van der Waals surface area contributed by atoms with Gasteiger partial charge in [0, 0.05) is 25.2 Å². The van der Waals surface area contributed by atoms with Crippen molar-refractivity contribution in [3.05, 3.63) is 23.3 Å². The van der Waals surface area contributed by atoms with E-state index in [0.717, 1.165) is 5.56 Å². The van der Waals surface area contributed by atoms with E-state index in [0.29, 0.717) is 32.4 Å². The molecule has 1 saturated heterocycles. The van der Waals surface area contributed by atoms with Crippen LogP contribution in [0.5, 0.6) is 11.5 Å². The summed E-state index contributed by atoms with van der Waals surface area (Å²) in [6.45, 7) is 3.41. The summed E-state index contributed by atoms with van der Waals surface area (Å²) in [6, 6.07) is 3.43. The molecule has 3 rings (SSSR count). The minimum Gasteiger partial charge on any atom is -0.535 e. The van der Waals surface area contributed by atoms with Crippen LogP contribution in [0, 0.1) is 0 Å².